The first-order valence-electron chi connectivity index (χ1n) is 7.20. The number of aromatic nitrogens is 1. The topological polar surface area (TPSA) is 22.0 Å². The van der Waals surface area contributed by atoms with Crippen molar-refractivity contribution >= 4 is 30.2 Å². The SMILES string of the molecule is C=Cn1cc(-c2ccccc2)c(=O)c(-c2ccc(C)cc2)c1.I. The summed E-state index contributed by atoms with van der Waals surface area (Å²) in [6, 6.07) is 17.7. The normalized spacial score (nSPS) is 9.96. The van der Waals surface area contributed by atoms with Crippen molar-refractivity contribution in [3.8, 4) is 22.3 Å². The highest BCUT2D eigenvalue weighted by Crippen LogP contribution is 2.21. The zero-order chi connectivity index (χ0) is 15.5. The summed E-state index contributed by atoms with van der Waals surface area (Å²) in [6.07, 6.45) is 5.35. The van der Waals surface area contributed by atoms with E-state index in [1.54, 1.807) is 6.20 Å². The van der Waals surface area contributed by atoms with Gasteiger partial charge in [-0.2, -0.15) is 0 Å². The van der Waals surface area contributed by atoms with Crippen molar-refractivity contribution in [2.24, 2.45) is 0 Å². The van der Waals surface area contributed by atoms with Gasteiger partial charge in [-0.1, -0.05) is 66.7 Å². The molecule has 2 aromatic carbocycles. The van der Waals surface area contributed by atoms with E-state index < -0.39 is 0 Å². The minimum Gasteiger partial charge on any atom is -0.330 e. The van der Waals surface area contributed by atoms with Crippen LogP contribution in [0.4, 0.5) is 0 Å². The molecule has 0 atom stereocenters. The predicted molar refractivity (Wildman–Crippen MR) is 108 cm³/mol. The first kappa shape index (κ1) is 17.2. The third-order valence-electron chi connectivity index (χ3n) is 3.70. The van der Waals surface area contributed by atoms with Crippen LogP contribution < -0.4 is 5.43 Å². The Hall–Kier alpha value is -2.14. The van der Waals surface area contributed by atoms with Gasteiger partial charge in [-0.05, 0) is 18.1 Å². The average molecular weight is 415 g/mol. The Bertz CT molecular complexity index is 864. The Morgan fingerprint density at radius 3 is 1.91 bits per heavy atom. The minimum absolute atomic E-state index is 0. The average Bonchev–Trinajstić information content (AvgIpc) is 2.57. The van der Waals surface area contributed by atoms with Crippen LogP contribution in [-0.4, -0.2) is 4.57 Å². The van der Waals surface area contributed by atoms with Gasteiger partial charge in [-0.25, -0.2) is 0 Å². The van der Waals surface area contributed by atoms with Gasteiger partial charge in [0.1, 0.15) is 0 Å². The van der Waals surface area contributed by atoms with Gasteiger partial charge in [-0.3, -0.25) is 4.79 Å². The minimum atomic E-state index is 0. The van der Waals surface area contributed by atoms with E-state index in [0.29, 0.717) is 11.1 Å². The third kappa shape index (κ3) is 3.62. The van der Waals surface area contributed by atoms with E-state index in [1.807, 2.05) is 78.5 Å². The summed E-state index contributed by atoms with van der Waals surface area (Å²) >= 11 is 0. The molecule has 0 fully saturated rings. The highest BCUT2D eigenvalue weighted by molar-refractivity contribution is 14.0. The maximum atomic E-state index is 12.9. The molecule has 0 saturated heterocycles. The van der Waals surface area contributed by atoms with E-state index in [1.165, 1.54) is 5.56 Å². The number of aryl methyl sites for hydroxylation is 1. The fourth-order valence-corrected chi connectivity index (χ4v) is 2.47. The zero-order valence-electron chi connectivity index (χ0n) is 12.9. The molecule has 1 aromatic heterocycles. The maximum Gasteiger partial charge on any atom is 0.197 e. The van der Waals surface area contributed by atoms with Crippen molar-refractivity contribution in [1.82, 2.24) is 4.57 Å². The molecule has 0 N–H and O–H groups in total. The van der Waals surface area contributed by atoms with Gasteiger partial charge in [0, 0.05) is 29.7 Å². The summed E-state index contributed by atoms with van der Waals surface area (Å²) < 4.78 is 1.83. The molecule has 0 radical (unpaired) electrons. The van der Waals surface area contributed by atoms with Crippen molar-refractivity contribution in [1.29, 1.82) is 0 Å². The molecule has 0 aliphatic heterocycles. The number of rotatable bonds is 3. The molecule has 0 amide bonds. The van der Waals surface area contributed by atoms with Crippen molar-refractivity contribution in [2.75, 3.05) is 0 Å². The fourth-order valence-electron chi connectivity index (χ4n) is 2.47. The Balaban J connectivity index is 0.00000192. The summed E-state index contributed by atoms with van der Waals surface area (Å²) in [4.78, 5) is 12.9. The summed E-state index contributed by atoms with van der Waals surface area (Å²) in [5, 5.41) is 0. The number of nitrogens with zero attached hydrogens (tertiary/aromatic N) is 1. The van der Waals surface area contributed by atoms with E-state index in [4.69, 9.17) is 0 Å². The zero-order valence-corrected chi connectivity index (χ0v) is 15.2. The molecular weight excluding hydrogens is 397 g/mol. The number of hydrogen-bond donors (Lipinski definition) is 0. The van der Waals surface area contributed by atoms with E-state index >= 15 is 0 Å². The first-order chi connectivity index (χ1) is 10.7. The standard InChI is InChI=1S/C20H17NO.HI/c1-3-21-13-18(16-7-5-4-6-8-16)20(22)19(14-21)17-11-9-15(2)10-12-17;/h3-14H,1H2,2H3;1H. The Morgan fingerprint density at radius 2 is 1.39 bits per heavy atom. The van der Waals surface area contributed by atoms with Crippen LogP contribution in [-0.2, 0) is 0 Å². The molecule has 0 bridgehead atoms. The predicted octanol–water partition coefficient (Wildman–Crippen LogP) is 5.21. The fraction of sp³-hybridized carbons (Fsp3) is 0.0500. The van der Waals surface area contributed by atoms with Crippen molar-refractivity contribution in [2.45, 2.75) is 6.92 Å². The lowest BCUT2D eigenvalue weighted by Gasteiger charge is -2.09. The Labute approximate surface area is 153 Å². The number of pyridine rings is 1. The largest absolute Gasteiger partial charge is 0.330 e. The Kier molecular flexibility index (Phi) is 5.55. The lowest BCUT2D eigenvalue weighted by Crippen LogP contribution is -2.11. The molecule has 3 aromatic rings. The van der Waals surface area contributed by atoms with Crippen LogP contribution in [0, 0.1) is 6.92 Å². The van der Waals surface area contributed by atoms with Gasteiger partial charge in [0.2, 0.25) is 0 Å². The van der Waals surface area contributed by atoms with Gasteiger partial charge < -0.3 is 4.57 Å². The van der Waals surface area contributed by atoms with E-state index in [9.17, 15) is 4.79 Å². The molecule has 116 valence electrons. The highest BCUT2D eigenvalue weighted by Gasteiger charge is 2.10. The van der Waals surface area contributed by atoms with Gasteiger partial charge >= 0.3 is 0 Å². The van der Waals surface area contributed by atoms with Crippen molar-refractivity contribution in [3.63, 3.8) is 0 Å². The molecule has 0 spiro atoms. The monoisotopic (exact) mass is 415 g/mol. The van der Waals surface area contributed by atoms with Crippen LogP contribution in [0.1, 0.15) is 5.56 Å². The van der Waals surface area contributed by atoms with Crippen molar-refractivity contribution < 1.29 is 0 Å². The van der Waals surface area contributed by atoms with Gasteiger partial charge in [0.15, 0.2) is 5.43 Å². The molecule has 2 nitrogen and oxygen atoms in total. The van der Waals surface area contributed by atoms with E-state index in [2.05, 4.69) is 6.58 Å². The van der Waals surface area contributed by atoms with Crippen LogP contribution >= 0.6 is 24.0 Å². The molecule has 0 aliphatic carbocycles. The van der Waals surface area contributed by atoms with Crippen LogP contribution in [0.3, 0.4) is 0 Å². The highest BCUT2D eigenvalue weighted by atomic mass is 127. The summed E-state index contributed by atoms with van der Waals surface area (Å²) in [5.41, 5.74) is 4.40. The van der Waals surface area contributed by atoms with Crippen LogP contribution in [0.5, 0.6) is 0 Å². The lowest BCUT2D eigenvalue weighted by molar-refractivity contribution is 1.12. The summed E-state index contributed by atoms with van der Waals surface area (Å²) in [6.45, 7) is 5.84. The van der Waals surface area contributed by atoms with Crippen molar-refractivity contribution in [3.05, 3.63) is 89.4 Å². The van der Waals surface area contributed by atoms with E-state index in [-0.39, 0.29) is 29.4 Å². The van der Waals surface area contributed by atoms with Crippen LogP contribution in [0.25, 0.3) is 28.5 Å². The lowest BCUT2D eigenvalue weighted by atomic mass is 10.0. The third-order valence-corrected chi connectivity index (χ3v) is 3.70. The molecule has 0 unspecified atom stereocenters. The number of benzene rings is 2. The molecule has 3 rings (SSSR count). The first-order valence-corrected chi connectivity index (χ1v) is 7.20. The second-order valence-corrected chi connectivity index (χ2v) is 5.28. The second kappa shape index (κ2) is 7.42. The van der Waals surface area contributed by atoms with Gasteiger partial charge in [0.05, 0.1) is 0 Å². The smallest absolute Gasteiger partial charge is 0.197 e. The van der Waals surface area contributed by atoms with Crippen LogP contribution in [0.15, 0.2) is 78.4 Å². The maximum absolute atomic E-state index is 12.9. The Morgan fingerprint density at radius 1 is 0.870 bits per heavy atom. The van der Waals surface area contributed by atoms with E-state index in [0.717, 1.165) is 11.1 Å². The quantitative estimate of drug-likeness (QED) is 0.539. The van der Waals surface area contributed by atoms with Gasteiger partial charge in [-0.15, -0.1) is 24.0 Å². The summed E-state index contributed by atoms with van der Waals surface area (Å²) in [5.74, 6) is 0. The summed E-state index contributed by atoms with van der Waals surface area (Å²) in [7, 11) is 0. The molecule has 0 saturated carbocycles. The molecule has 0 aliphatic rings. The molecule has 1 heterocycles. The van der Waals surface area contributed by atoms with Crippen LogP contribution in [0.2, 0.25) is 0 Å². The molecular formula is C20H18INO. The number of halogens is 1. The van der Waals surface area contributed by atoms with Gasteiger partial charge in [0.25, 0.3) is 0 Å². The molecule has 3 heteroatoms. The second-order valence-electron chi connectivity index (χ2n) is 5.28. The molecule has 23 heavy (non-hydrogen) atoms. The number of hydrogen-bond acceptors (Lipinski definition) is 1.